The van der Waals surface area contributed by atoms with E-state index in [1.54, 1.807) is 35.4 Å². The minimum atomic E-state index is -4.97. The summed E-state index contributed by atoms with van der Waals surface area (Å²) in [5.41, 5.74) is 1.37. The van der Waals surface area contributed by atoms with Crippen LogP contribution < -0.4 is 19.1 Å². The molecule has 5 rings (SSSR count). The van der Waals surface area contributed by atoms with Gasteiger partial charge in [-0.1, -0.05) is 71.2 Å². The summed E-state index contributed by atoms with van der Waals surface area (Å²) in [7, 11) is 1.38. The average molecular weight is 806 g/mol. The zero-order valence-electron chi connectivity index (χ0n) is 26.3. The summed E-state index contributed by atoms with van der Waals surface area (Å²) < 4.78 is 92.1. The Balaban J connectivity index is 1.58. The van der Waals surface area contributed by atoms with Gasteiger partial charge in [-0.2, -0.15) is 5.10 Å². The molecule has 272 valence electrons. The van der Waals surface area contributed by atoms with Crippen LogP contribution in [0.15, 0.2) is 84.8 Å². The maximum Gasteiger partial charge on any atom is 0.573 e. The number of aliphatic imine (C=N–C) groups is 1. The van der Waals surface area contributed by atoms with Gasteiger partial charge in [0, 0.05) is 35.1 Å². The first-order valence-corrected chi connectivity index (χ1v) is 16.0. The van der Waals surface area contributed by atoms with Crippen LogP contribution in [-0.2, 0) is 13.1 Å². The molecular weight excluding hydrogens is 784 g/mol. The van der Waals surface area contributed by atoms with E-state index in [4.69, 9.17) is 61.2 Å². The van der Waals surface area contributed by atoms with E-state index in [1.807, 2.05) is 0 Å². The molecule has 9 nitrogen and oxygen atoms in total. The third-order valence-electron chi connectivity index (χ3n) is 6.97. The Morgan fingerprint density at radius 3 is 2.02 bits per heavy atom. The molecule has 3 aromatic carbocycles. The highest BCUT2D eigenvalue weighted by Gasteiger charge is 2.33. The van der Waals surface area contributed by atoms with Gasteiger partial charge in [0.15, 0.2) is 17.4 Å². The molecule has 2 aromatic heterocycles. The zero-order chi connectivity index (χ0) is 37.8. The molecule has 0 fully saturated rings. The van der Waals surface area contributed by atoms with E-state index in [-0.39, 0.29) is 61.7 Å². The SMILES string of the molecule is C=CN=C/C=C/N(Cc1c(Cl)cc(OC(F)(F)F)cc1Cl)c1nc(-c2nn(Cc3c(Cl)cc(OC(F)(F)F)cc3Cl)c3ccccc23)ncc1OC. The highest BCUT2D eigenvalue weighted by Crippen LogP contribution is 2.38. The van der Waals surface area contributed by atoms with Crippen LogP contribution in [0.1, 0.15) is 11.1 Å². The molecule has 0 saturated carbocycles. The minimum Gasteiger partial charge on any atom is -0.491 e. The number of halogens is 10. The van der Waals surface area contributed by atoms with Crippen molar-refractivity contribution in [3.8, 4) is 28.8 Å². The van der Waals surface area contributed by atoms with Gasteiger partial charge >= 0.3 is 12.7 Å². The molecule has 19 heteroatoms. The predicted octanol–water partition coefficient (Wildman–Crippen LogP) is 10.7. The van der Waals surface area contributed by atoms with Gasteiger partial charge in [0.25, 0.3) is 0 Å². The lowest BCUT2D eigenvalue weighted by atomic mass is 10.2. The molecule has 0 saturated heterocycles. The number of aromatic nitrogens is 4. The monoisotopic (exact) mass is 804 g/mol. The Morgan fingerprint density at radius 1 is 0.885 bits per heavy atom. The van der Waals surface area contributed by atoms with Gasteiger partial charge in [0.1, 0.15) is 17.2 Å². The Morgan fingerprint density at radius 2 is 1.46 bits per heavy atom. The van der Waals surface area contributed by atoms with Gasteiger partial charge in [-0.05, 0) is 36.4 Å². The number of ether oxygens (including phenoxy) is 3. The summed E-state index contributed by atoms with van der Waals surface area (Å²) in [5, 5.41) is 4.88. The smallest absolute Gasteiger partial charge is 0.491 e. The molecule has 0 aliphatic rings. The number of para-hydroxylation sites is 1. The van der Waals surface area contributed by atoms with Gasteiger partial charge in [-0.25, -0.2) is 9.97 Å². The van der Waals surface area contributed by atoms with Crippen LogP contribution in [-0.4, -0.2) is 45.8 Å². The van der Waals surface area contributed by atoms with Crippen LogP contribution in [0.25, 0.3) is 22.4 Å². The molecule has 0 radical (unpaired) electrons. The number of allylic oxidation sites excluding steroid dienone is 1. The van der Waals surface area contributed by atoms with Crippen molar-refractivity contribution in [1.82, 2.24) is 19.7 Å². The van der Waals surface area contributed by atoms with E-state index in [0.29, 0.717) is 16.6 Å². The van der Waals surface area contributed by atoms with E-state index >= 15 is 0 Å². The summed E-state index contributed by atoms with van der Waals surface area (Å²) in [4.78, 5) is 14.7. The molecular formula is C33H22Cl4F6N6O3. The number of hydrogen-bond acceptors (Lipinski definition) is 8. The van der Waals surface area contributed by atoms with Crippen molar-refractivity contribution in [3.05, 3.63) is 111 Å². The van der Waals surface area contributed by atoms with E-state index < -0.39 is 24.2 Å². The first-order valence-electron chi connectivity index (χ1n) is 14.5. The summed E-state index contributed by atoms with van der Waals surface area (Å²) in [6.07, 6.45) is -2.72. The maximum absolute atomic E-state index is 12.9. The number of nitrogens with zero attached hydrogens (tertiary/aromatic N) is 6. The van der Waals surface area contributed by atoms with Crippen molar-refractivity contribution >= 4 is 69.3 Å². The number of benzene rings is 3. The van der Waals surface area contributed by atoms with Crippen molar-refractivity contribution in [3.63, 3.8) is 0 Å². The fraction of sp³-hybridized carbons (Fsp3) is 0.152. The summed E-state index contributed by atoms with van der Waals surface area (Å²) in [6, 6.07) is 11.0. The average Bonchev–Trinajstić information content (AvgIpc) is 3.42. The van der Waals surface area contributed by atoms with Crippen molar-refractivity contribution in [2.75, 3.05) is 12.0 Å². The normalized spacial score (nSPS) is 12.2. The van der Waals surface area contributed by atoms with Crippen molar-refractivity contribution < 1.29 is 40.6 Å². The quantitative estimate of drug-likeness (QED) is 0.0916. The zero-order valence-corrected chi connectivity index (χ0v) is 29.3. The second-order valence-corrected chi connectivity index (χ2v) is 12.0. The van der Waals surface area contributed by atoms with Crippen LogP contribution in [0, 0.1) is 0 Å². The van der Waals surface area contributed by atoms with E-state index in [0.717, 1.165) is 24.3 Å². The Labute approximate surface area is 311 Å². The highest BCUT2D eigenvalue weighted by atomic mass is 35.5. The second-order valence-electron chi connectivity index (χ2n) is 10.4. The number of fused-ring (bicyclic) bond motifs is 1. The molecule has 0 unspecified atom stereocenters. The summed E-state index contributed by atoms with van der Waals surface area (Å²) in [6.45, 7) is 3.34. The fourth-order valence-electron chi connectivity index (χ4n) is 4.86. The van der Waals surface area contributed by atoms with Crippen LogP contribution in [0.3, 0.4) is 0 Å². The molecule has 0 amide bonds. The summed E-state index contributed by atoms with van der Waals surface area (Å²) in [5.74, 6) is -0.727. The third kappa shape index (κ3) is 9.39. The Hall–Kier alpha value is -4.70. The molecule has 0 bridgehead atoms. The van der Waals surface area contributed by atoms with Crippen molar-refractivity contribution in [2.24, 2.45) is 4.99 Å². The van der Waals surface area contributed by atoms with Crippen LogP contribution in [0.4, 0.5) is 32.2 Å². The van der Waals surface area contributed by atoms with Crippen molar-refractivity contribution in [2.45, 2.75) is 25.8 Å². The first-order chi connectivity index (χ1) is 24.6. The Bertz CT molecular complexity index is 2130. The lowest BCUT2D eigenvalue weighted by Gasteiger charge is -2.23. The van der Waals surface area contributed by atoms with Gasteiger partial charge in [0.2, 0.25) is 0 Å². The Kier molecular flexibility index (Phi) is 11.8. The van der Waals surface area contributed by atoms with Crippen LogP contribution in [0.2, 0.25) is 20.1 Å². The van der Waals surface area contributed by atoms with E-state index in [2.05, 4.69) is 26.0 Å². The van der Waals surface area contributed by atoms with Crippen molar-refractivity contribution in [1.29, 1.82) is 0 Å². The highest BCUT2D eigenvalue weighted by molar-refractivity contribution is 6.36. The second kappa shape index (κ2) is 15.9. The fourth-order valence-corrected chi connectivity index (χ4v) is 6.03. The number of rotatable bonds is 12. The molecule has 52 heavy (non-hydrogen) atoms. The summed E-state index contributed by atoms with van der Waals surface area (Å²) >= 11 is 25.5. The topological polar surface area (TPSA) is 86.9 Å². The molecule has 2 heterocycles. The number of anilines is 1. The van der Waals surface area contributed by atoms with Gasteiger partial charge in [0.05, 0.1) is 52.0 Å². The van der Waals surface area contributed by atoms with Gasteiger partial charge < -0.3 is 19.1 Å². The number of methoxy groups -OCH3 is 1. The maximum atomic E-state index is 12.9. The first kappa shape index (κ1) is 38.5. The molecule has 0 aliphatic heterocycles. The largest absolute Gasteiger partial charge is 0.573 e. The third-order valence-corrected chi connectivity index (χ3v) is 8.32. The van der Waals surface area contributed by atoms with Crippen LogP contribution in [0.5, 0.6) is 17.2 Å². The van der Waals surface area contributed by atoms with Gasteiger partial charge in [-0.15, -0.1) is 26.3 Å². The van der Waals surface area contributed by atoms with Gasteiger partial charge in [-0.3, -0.25) is 9.67 Å². The molecule has 0 N–H and O–H groups in total. The number of hydrogen-bond donors (Lipinski definition) is 0. The van der Waals surface area contributed by atoms with E-state index in [9.17, 15) is 26.3 Å². The molecule has 0 spiro atoms. The predicted molar refractivity (Wildman–Crippen MR) is 187 cm³/mol. The standard InChI is InChI=1S/C33H22Cl4F6N6O3/c1-3-44-9-6-10-48(16-21-23(34)11-18(12-24(21)35)51-32(38,39)40)31-28(50-2)15-45-30(46-31)29-20-7-4-5-8-27(20)49(47-29)17-22-25(36)13-19(14-26(22)37)52-33(41,42)43/h3-15H,1,16-17H2,2H3/b10-6+,44-9?. The van der Waals surface area contributed by atoms with Crippen LogP contribution >= 0.6 is 46.4 Å². The molecule has 5 aromatic rings. The lowest BCUT2D eigenvalue weighted by Crippen LogP contribution is -2.20. The molecule has 0 aliphatic carbocycles. The molecule has 0 atom stereocenters. The van der Waals surface area contributed by atoms with E-state index in [1.165, 1.54) is 36.5 Å². The minimum absolute atomic E-state index is 0.0595. The lowest BCUT2D eigenvalue weighted by molar-refractivity contribution is -0.275. The number of alkyl halides is 6.